The minimum absolute atomic E-state index is 0.211. The predicted octanol–water partition coefficient (Wildman–Crippen LogP) is 5.72. The van der Waals surface area contributed by atoms with Gasteiger partial charge in [-0.15, -0.1) is 5.10 Å². The van der Waals surface area contributed by atoms with Crippen molar-refractivity contribution in [2.45, 2.75) is 36.5 Å². The van der Waals surface area contributed by atoms with Crippen LogP contribution in [-0.4, -0.2) is 44.8 Å². The fraction of sp³-hybridized carbons (Fsp3) is 0.400. The molecule has 2 atom stereocenters. The molecule has 0 spiro atoms. The van der Waals surface area contributed by atoms with Gasteiger partial charge in [-0.2, -0.15) is 35.1 Å². The highest BCUT2D eigenvalue weighted by Crippen LogP contribution is 2.42. The van der Waals surface area contributed by atoms with Crippen LogP contribution < -0.4 is 4.74 Å². The van der Waals surface area contributed by atoms with Gasteiger partial charge in [0.05, 0.1) is 16.4 Å². The van der Waals surface area contributed by atoms with Crippen LogP contribution in [0.3, 0.4) is 0 Å². The molecule has 0 amide bonds. The molecule has 2 aromatic rings. The number of halogens is 11. The van der Waals surface area contributed by atoms with Gasteiger partial charge in [-0.1, -0.05) is 11.6 Å². The van der Waals surface area contributed by atoms with Gasteiger partial charge in [0, 0.05) is 10.5 Å². The minimum Gasteiger partial charge on any atom is -0.410 e. The van der Waals surface area contributed by atoms with E-state index in [1.54, 1.807) is 5.10 Å². The smallest absolute Gasteiger partial charge is 0.410 e. The van der Waals surface area contributed by atoms with Crippen molar-refractivity contribution in [3.05, 3.63) is 28.7 Å². The number of ether oxygens (including phenoxy) is 1. The number of nitrogens with one attached hydrogen (secondary N) is 1. The van der Waals surface area contributed by atoms with Crippen molar-refractivity contribution in [1.29, 1.82) is 0 Å². The second-order valence-corrected chi connectivity index (χ2v) is 7.79. The molecule has 0 fully saturated rings. The van der Waals surface area contributed by atoms with Gasteiger partial charge < -0.3 is 4.74 Å². The molecule has 0 aliphatic carbocycles. The fourth-order valence-corrected chi connectivity index (χ4v) is 3.65. The van der Waals surface area contributed by atoms with Crippen molar-refractivity contribution >= 4 is 22.4 Å². The number of nitrogens with zero attached hydrogens (tertiary/aromatic N) is 1. The van der Waals surface area contributed by atoms with Gasteiger partial charge in [-0.25, -0.2) is 8.78 Å². The summed E-state index contributed by atoms with van der Waals surface area (Å²) in [5.74, 6) is -4.60. The van der Waals surface area contributed by atoms with E-state index in [0.29, 0.717) is 12.1 Å². The van der Waals surface area contributed by atoms with E-state index in [-0.39, 0.29) is 5.56 Å². The number of H-pyrrole nitrogens is 1. The maximum Gasteiger partial charge on any atom is 0.440 e. The first-order valence-corrected chi connectivity index (χ1v) is 9.41. The lowest BCUT2D eigenvalue weighted by Gasteiger charge is -2.22. The minimum atomic E-state index is -6.03. The number of hydrogen-bond donors (Lipinski definition) is 1. The van der Waals surface area contributed by atoms with Crippen LogP contribution in [0.2, 0.25) is 5.15 Å². The fourth-order valence-electron chi connectivity index (χ4n) is 2.30. The molecule has 1 aromatic heterocycles. The van der Waals surface area contributed by atoms with Crippen molar-refractivity contribution in [2.24, 2.45) is 0 Å². The third-order valence-corrected chi connectivity index (χ3v) is 5.37. The largest absolute Gasteiger partial charge is 0.440 e. The third-order valence-electron chi connectivity index (χ3n) is 3.58. The molecule has 0 aliphatic heterocycles. The molecule has 2 rings (SSSR count). The topological polar surface area (TPSA) is 55.0 Å². The van der Waals surface area contributed by atoms with Crippen LogP contribution in [-0.2, 0) is 10.8 Å². The van der Waals surface area contributed by atoms with Gasteiger partial charge in [0.15, 0.2) is 0 Å². The van der Waals surface area contributed by atoms with Crippen LogP contribution in [0.15, 0.2) is 17.0 Å². The Balaban J connectivity index is 2.55. The van der Waals surface area contributed by atoms with Crippen LogP contribution in [0, 0.1) is 12.7 Å². The molecule has 1 N–H and O–H groups in total. The predicted molar refractivity (Wildman–Crippen MR) is 87.6 cm³/mol. The van der Waals surface area contributed by atoms with Crippen LogP contribution in [0.1, 0.15) is 5.56 Å². The normalized spacial score (nSPS) is 15.1. The maximum atomic E-state index is 14.4. The molecular weight excluding hydrogens is 498 g/mol. The summed E-state index contributed by atoms with van der Waals surface area (Å²) < 4.78 is 145. The molecule has 0 radical (unpaired) electrons. The molecule has 2 unspecified atom stereocenters. The zero-order valence-electron chi connectivity index (χ0n) is 14.8. The number of aromatic nitrogens is 2. The van der Waals surface area contributed by atoms with E-state index in [1.807, 2.05) is 0 Å². The molecule has 4 nitrogen and oxygen atoms in total. The second kappa shape index (κ2) is 8.48. The van der Waals surface area contributed by atoms with E-state index in [2.05, 4.69) is 9.84 Å². The maximum absolute atomic E-state index is 14.4. The summed E-state index contributed by atoms with van der Waals surface area (Å²) in [6.07, 6.45) is -21.2. The van der Waals surface area contributed by atoms with Gasteiger partial charge in [-0.3, -0.25) is 9.31 Å². The molecule has 31 heavy (non-hydrogen) atoms. The van der Waals surface area contributed by atoms with Gasteiger partial charge in [-0.05, 0) is 24.6 Å². The zero-order valence-corrected chi connectivity index (χ0v) is 16.3. The SMILES string of the molecule is Cc1cc(F)c(-c2c(OC(F)(F)C(F)C(F)(F)F)n[nH]c2Cl)cc1S(=O)CC(F)(F)F. The summed E-state index contributed by atoms with van der Waals surface area (Å²) in [4.78, 5) is -0.567. The first-order chi connectivity index (χ1) is 13.9. The summed E-state index contributed by atoms with van der Waals surface area (Å²) >= 11 is 5.65. The Morgan fingerprint density at radius 3 is 2.26 bits per heavy atom. The number of aromatic amines is 1. The van der Waals surface area contributed by atoms with Crippen LogP contribution in [0.25, 0.3) is 11.1 Å². The monoisotopic (exact) mass is 506 g/mol. The first-order valence-electron chi connectivity index (χ1n) is 7.71. The number of aryl methyl sites for hydroxylation is 1. The Kier molecular flexibility index (Phi) is 6.91. The Morgan fingerprint density at radius 1 is 1.16 bits per heavy atom. The second-order valence-electron chi connectivity index (χ2n) is 5.99. The number of alkyl halides is 9. The molecule has 0 saturated carbocycles. The number of rotatable bonds is 6. The Labute approximate surface area is 174 Å². The molecular formula is C15H9ClF10N2O2S. The summed E-state index contributed by atoms with van der Waals surface area (Å²) in [5.41, 5.74) is -2.03. The van der Waals surface area contributed by atoms with Gasteiger partial charge in [0.1, 0.15) is 16.7 Å². The Hall–Kier alpha value is -2.03. The number of hydrogen-bond acceptors (Lipinski definition) is 3. The van der Waals surface area contributed by atoms with E-state index in [1.165, 1.54) is 0 Å². The molecule has 1 aromatic carbocycles. The van der Waals surface area contributed by atoms with Gasteiger partial charge in [0.25, 0.3) is 6.17 Å². The average molecular weight is 507 g/mol. The highest BCUT2D eigenvalue weighted by Gasteiger charge is 2.60. The lowest BCUT2D eigenvalue weighted by Crippen LogP contribution is -2.45. The molecule has 174 valence electrons. The van der Waals surface area contributed by atoms with Crippen molar-refractivity contribution in [3.63, 3.8) is 0 Å². The Morgan fingerprint density at radius 2 is 1.74 bits per heavy atom. The quantitative estimate of drug-likeness (QED) is 0.510. The molecule has 0 bridgehead atoms. The van der Waals surface area contributed by atoms with Crippen LogP contribution in [0.5, 0.6) is 5.88 Å². The van der Waals surface area contributed by atoms with Crippen molar-refractivity contribution in [2.75, 3.05) is 5.75 Å². The summed E-state index contributed by atoms with van der Waals surface area (Å²) in [6, 6.07) is 1.16. The highest BCUT2D eigenvalue weighted by atomic mass is 35.5. The lowest BCUT2D eigenvalue weighted by atomic mass is 10.1. The molecule has 1 heterocycles. The third kappa shape index (κ3) is 5.81. The number of benzene rings is 1. The van der Waals surface area contributed by atoms with Crippen molar-refractivity contribution in [1.82, 2.24) is 10.2 Å². The van der Waals surface area contributed by atoms with E-state index in [9.17, 15) is 48.1 Å². The van der Waals surface area contributed by atoms with Gasteiger partial charge in [0.2, 0.25) is 5.88 Å². The molecule has 16 heteroatoms. The summed E-state index contributed by atoms with van der Waals surface area (Å²) in [5, 5.41) is 4.04. The van der Waals surface area contributed by atoms with E-state index in [4.69, 9.17) is 11.6 Å². The zero-order chi connectivity index (χ0) is 23.9. The molecule has 0 saturated heterocycles. The van der Waals surface area contributed by atoms with Crippen LogP contribution in [0.4, 0.5) is 43.9 Å². The summed E-state index contributed by atoms with van der Waals surface area (Å²) in [6.45, 7) is 1.11. The van der Waals surface area contributed by atoms with Crippen molar-refractivity contribution in [3.8, 4) is 17.0 Å². The van der Waals surface area contributed by atoms with E-state index in [0.717, 1.165) is 6.92 Å². The Bertz CT molecular complexity index is 989. The standard InChI is InChI=1S/C15H9ClF10N2O2S/c1-5-2-7(17)6(3-8(5)31(29)4-13(19,20)21)9-10(16)27-28-11(9)30-15(25,26)12(18)14(22,23)24/h2-3,12H,4H2,1H3,(H,27,28). The van der Waals surface area contributed by atoms with Crippen LogP contribution >= 0.6 is 11.6 Å². The van der Waals surface area contributed by atoms with E-state index >= 15 is 0 Å². The molecule has 0 aliphatic rings. The summed E-state index contributed by atoms with van der Waals surface area (Å²) in [7, 11) is -2.76. The first kappa shape index (κ1) is 25.2. The van der Waals surface area contributed by atoms with Crippen molar-refractivity contribution < 1.29 is 52.8 Å². The lowest BCUT2D eigenvalue weighted by molar-refractivity contribution is -0.305. The van der Waals surface area contributed by atoms with Gasteiger partial charge >= 0.3 is 18.5 Å². The highest BCUT2D eigenvalue weighted by molar-refractivity contribution is 7.85. The average Bonchev–Trinajstić information content (AvgIpc) is 2.91. The van der Waals surface area contributed by atoms with E-state index < -0.39 is 74.1 Å².